The third-order valence-electron chi connectivity index (χ3n) is 4.24. The molecule has 0 spiro atoms. The summed E-state index contributed by atoms with van der Waals surface area (Å²) in [6.45, 7) is 2.08. The van der Waals surface area contributed by atoms with Gasteiger partial charge in [-0.15, -0.1) is 0 Å². The second kappa shape index (κ2) is 14.1. The Kier molecular flexibility index (Phi) is 13.8. The molecule has 2 fully saturated rings. The predicted octanol–water partition coefficient (Wildman–Crippen LogP) is 4.66. The number of aryl methyl sites for hydroxylation is 1. The van der Waals surface area contributed by atoms with E-state index in [4.69, 9.17) is 11.5 Å². The first-order chi connectivity index (χ1) is 10.2. The van der Waals surface area contributed by atoms with Gasteiger partial charge in [0, 0.05) is 12.1 Å². The van der Waals surface area contributed by atoms with Gasteiger partial charge in [-0.05, 0) is 32.6 Å². The van der Waals surface area contributed by atoms with Crippen molar-refractivity contribution in [3.8, 4) is 0 Å². The van der Waals surface area contributed by atoms with E-state index >= 15 is 0 Å². The summed E-state index contributed by atoms with van der Waals surface area (Å²) in [6.07, 6.45) is 13.3. The summed E-state index contributed by atoms with van der Waals surface area (Å²) in [5.74, 6) is 0. The molecule has 0 amide bonds. The van der Waals surface area contributed by atoms with Crippen LogP contribution in [0, 0.1) is 6.92 Å². The van der Waals surface area contributed by atoms with Crippen LogP contribution < -0.4 is 11.5 Å². The molecule has 0 aromatic heterocycles. The van der Waals surface area contributed by atoms with E-state index in [2.05, 4.69) is 19.1 Å². The molecular formula is C19H36N2S. The van der Waals surface area contributed by atoms with Crippen molar-refractivity contribution in [1.82, 2.24) is 0 Å². The molecule has 0 bridgehead atoms. The average molecular weight is 325 g/mol. The summed E-state index contributed by atoms with van der Waals surface area (Å²) < 4.78 is 0. The Morgan fingerprint density at radius 3 is 1.23 bits per heavy atom. The van der Waals surface area contributed by atoms with Crippen molar-refractivity contribution in [1.29, 1.82) is 0 Å². The van der Waals surface area contributed by atoms with Crippen molar-refractivity contribution in [2.45, 2.75) is 83.2 Å². The number of benzene rings is 1. The van der Waals surface area contributed by atoms with Crippen LogP contribution in [0.1, 0.15) is 69.8 Å². The normalized spacial score (nSPS) is 18.9. The fourth-order valence-electron chi connectivity index (χ4n) is 2.80. The molecule has 0 saturated heterocycles. The average Bonchev–Trinajstić information content (AvgIpc) is 2.51. The summed E-state index contributed by atoms with van der Waals surface area (Å²) in [5, 5.41) is 0. The second-order valence-electron chi connectivity index (χ2n) is 6.45. The van der Waals surface area contributed by atoms with E-state index in [9.17, 15) is 0 Å². The zero-order valence-corrected chi connectivity index (χ0v) is 15.3. The Balaban J connectivity index is 0.000000294. The molecule has 2 nitrogen and oxygen atoms in total. The molecule has 3 rings (SSSR count). The van der Waals surface area contributed by atoms with Crippen molar-refractivity contribution in [2.75, 3.05) is 0 Å². The molecular weight excluding hydrogens is 288 g/mol. The smallest absolute Gasteiger partial charge is 0.00388 e. The van der Waals surface area contributed by atoms with Crippen LogP contribution in [0.25, 0.3) is 0 Å². The van der Waals surface area contributed by atoms with Crippen LogP contribution in [0.5, 0.6) is 0 Å². The summed E-state index contributed by atoms with van der Waals surface area (Å²) in [4.78, 5) is 0. The van der Waals surface area contributed by atoms with E-state index in [1.54, 1.807) is 0 Å². The molecule has 0 atom stereocenters. The highest BCUT2D eigenvalue weighted by molar-refractivity contribution is 7.59. The largest absolute Gasteiger partial charge is 0.328 e. The van der Waals surface area contributed by atoms with Crippen molar-refractivity contribution in [3.63, 3.8) is 0 Å². The molecule has 0 unspecified atom stereocenters. The van der Waals surface area contributed by atoms with Gasteiger partial charge in [-0.25, -0.2) is 0 Å². The molecule has 1 aromatic rings. The summed E-state index contributed by atoms with van der Waals surface area (Å²) in [5.41, 5.74) is 12.6. The van der Waals surface area contributed by atoms with Gasteiger partial charge in [0.05, 0.1) is 0 Å². The quantitative estimate of drug-likeness (QED) is 0.729. The van der Waals surface area contributed by atoms with Crippen molar-refractivity contribution >= 4 is 13.5 Å². The Bertz CT molecular complexity index is 315. The highest BCUT2D eigenvalue weighted by Crippen LogP contribution is 2.15. The minimum absolute atomic E-state index is 0. The van der Waals surface area contributed by atoms with Gasteiger partial charge in [0.15, 0.2) is 0 Å². The van der Waals surface area contributed by atoms with Crippen LogP contribution in [0.3, 0.4) is 0 Å². The van der Waals surface area contributed by atoms with Gasteiger partial charge in [-0.3, -0.25) is 0 Å². The third kappa shape index (κ3) is 12.1. The maximum atomic E-state index is 5.63. The maximum Gasteiger partial charge on any atom is 0.00388 e. The summed E-state index contributed by atoms with van der Waals surface area (Å²) in [7, 11) is 0. The van der Waals surface area contributed by atoms with E-state index in [1.165, 1.54) is 69.8 Å². The van der Waals surface area contributed by atoms with Gasteiger partial charge in [0.2, 0.25) is 0 Å². The van der Waals surface area contributed by atoms with Gasteiger partial charge < -0.3 is 11.5 Å². The summed E-state index contributed by atoms with van der Waals surface area (Å²) in [6, 6.07) is 11.3. The minimum Gasteiger partial charge on any atom is -0.328 e. The Hall–Kier alpha value is -0.510. The predicted molar refractivity (Wildman–Crippen MR) is 104 cm³/mol. The molecule has 3 heteroatoms. The minimum atomic E-state index is 0. The lowest BCUT2D eigenvalue weighted by molar-refractivity contribution is 0.441. The summed E-state index contributed by atoms with van der Waals surface area (Å²) >= 11 is 0. The van der Waals surface area contributed by atoms with Crippen molar-refractivity contribution in [2.24, 2.45) is 11.5 Å². The lowest BCUT2D eigenvalue weighted by Gasteiger charge is -2.15. The van der Waals surface area contributed by atoms with Gasteiger partial charge in [-0.1, -0.05) is 74.4 Å². The van der Waals surface area contributed by atoms with Gasteiger partial charge in [0.1, 0.15) is 0 Å². The highest BCUT2D eigenvalue weighted by atomic mass is 32.1. The van der Waals surface area contributed by atoms with Crippen LogP contribution >= 0.6 is 13.5 Å². The van der Waals surface area contributed by atoms with Gasteiger partial charge in [-0.2, -0.15) is 13.5 Å². The molecule has 0 aliphatic heterocycles. The van der Waals surface area contributed by atoms with Crippen LogP contribution in [0.4, 0.5) is 0 Å². The number of hydrogen-bond acceptors (Lipinski definition) is 2. The second-order valence-corrected chi connectivity index (χ2v) is 6.45. The van der Waals surface area contributed by atoms with E-state index in [0.29, 0.717) is 12.1 Å². The zero-order chi connectivity index (χ0) is 15.3. The molecule has 2 saturated carbocycles. The molecule has 2 aliphatic carbocycles. The number of nitrogens with two attached hydrogens (primary N) is 2. The fraction of sp³-hybridized carbons (Fsp3) is 0.684. The van der Waals surface area contributed by atoms with E-state index in [1.807, 2.05) is 18.2 Å². The molecule has 4 N–H and O–H groups in total. The number of rotatable bonds is 0. The first kappa shape index (κ1) is 21.5. The maximum absolute atomic E-state index is 5.63. The lowest BCUT2D eigenvalue weighted by Crippen LogP contribution is -2.22. The zero-order valence-electron chi connectivity index (χ0n) is 14.3. The monoisotopic (exact) mass is 324 g/mol. The molecule has 22 heavy (non-hydrogen) atoms. The van der Waals surface area contributed by atoms with Crippen LogP contribution in [-0.2, 0) is 0 Å². The Labute approximate surface area is 144 Å². The van der Waals surface area contributed by atoms with Crippen LogP contribution in [0.15, 0.2) is 30.3 Å². The standard InChI is InChI=1S/C7H8.2C6H13N.H2S/c1-7-5-3-2-4-6-7;2*7-6-4-2-1-3-5-6;/h2-6H,1H3;2*6H,1-5,7H2;1H2. The van der Waals surface area contributed by atoms with E-state index < -0.39 is 0 Å². The first-order valence-corrected chi connectivity index (χ1v) is 8.71. The molecule has 128 valence electrons. The number of hydrogen-bond donors (Lipinski definition) is 2. The van der Waals surface area contributed by atoms with E-state index in [0.717, 1.165) is 0 Å². The molecule has 0 heterocycles. The Morgan fingerprint density at radius 1 is 0.682 bits per heavy atom. The van der Waals surface area contributed by atoms with Gasteiger partial charge >= 0.3 is 0 Å². The van der Waals surface area contributed by atoms with Crippen LogP contribution in [0.2, 0.25) is 0 Å². The van der Waals surface area contributed by atoms with Gasteiger partial charge in [0.25, 0.3) is 0 Å². The molecule has 0 radical (unpaired) electrons. The van der Waals surface area contributed by atoms with Crippen LogP contribution in [-0.4, -0.2) is 12.1 Å². The third-order valence-corrected chi connectivity index (χ3v) is 4.24. The van der Waals surface area contributed by atoms with Crippen molar-refractivity contribution < 1.29 is 0 Å². The van der Waals surface area contributed by atoms with E-state index in [-0.39, 0.29) is 13.5 Å². The topological polar surface area (TPSA) is 52.0 Å². The Morgan fingerprint density at radius 2 is 1.05 bits per heavy atom. The first-order valence-electron chi connectivity index (χ1n) is 8.71. The fourth-order valence-corrected chi connectivity index (χ4v) is 2.80. The lowest BCUT2D eigenvalue weighted by atomic mass is 9.97. The van der Waals surface area contributed by atoms with Crippen molar-refractivity contribution in [3.05, 3.63) is 35.9 Å². The molecule has 2 aliphatic rings. The molecule has 1 aromatic carbocycles. The highest BCUT2D eigenvalue weighted by Gasteiger charge is 2.06. The SMILES string of the molecule is Cc1ccccc1.NC1CCCCC1.NC1CCCCC1.S.